The van der Waals surface area contributed by atoms with Crippen LogP contribution in [0.4, 0.5) is 16.2 Å². The van der Waals surface area contributed by atoms with E-state index < -0.39 is 0 Å². The maximum Gasteiger partial charge on any atom is 0.319 e. The molecule has 0 aliphatic carbocycles. The molecule has 0 saturated carbocycles. The van der Waals surface area contributed by atoms with Crippen molar-refractivity contribution in [3.05, 3.63) is 72.3 Å². The van der Waals surface area contributed by atoms with Gasteiger partial charge in [0, 0.05) is 30.2 Å². The van der Waals surface area contributed by atoms with Crippen molar-refractivity contribution < 1.29 is 4.79 Å². The van der Waals surface area contributed by atoms with Crippen molar-refractivity contribution in [3.63, 3.8) is 0 Å². The number of aryl methyl sites for hydroxylation is 1. The Kier molecular flexibility index (Phi) is 4.48. The second-order valence-corrected chi connectivity index (χ2v) is 6.90. The molecule has 1 aliphatic heterocycles. The molecule has 0 unspecified atom stereocenters. The quantitative estimate of drug-likeness (QED) is 0.731. The Morgan fingerprint density at radius 3 is 2.73 bits per heavy atom. The minimum atomic E-state index is -0.141. The molecule has 1 aliphatic rings. The third kappa shape index (κ3) is 3.49. The van der Waals surface area contributed by atoms with E-state index in [0.717, 1.165) is 36.0 Å². The van der Waals surface area contributed by atoms with Crippen LogP contribution in [-0.2, 0) is 0 Å². The molecule has 1 fully saturated rings. The third-order valence-electron chi connectivity index (χ3n) is 4.93. The van der Waals surface area contributed by atoms with Crippen LogP contribution in [-0.4, -0.2) is 25.2 Å². The fraction of sp³-hybridized carbons (Fsp3) is 0.227. The highest BCUT2D eigenvalue weighted by atomic mass is 16.2. The molecule has 132 valence electrons. The summed E-state index contributed by atoms with van der Waals surface area (Å²) < 4.78 is 0. The molecule has 0 aromatic heterocycles. The number of urea groups is 1. The van der Waals surface area contributed by atoms with Gasteiger partial charge < -0.3 is 15.5 Å². The molecule has 0 bridgehead atoms. The number of nitrogens with one attached hydrogen (secondary N) is 2. The smallest absolute Gasteiger partial charge is 0.319 e. The number of anilines is 2. The number of fused-ring (bicyclic) bond motifs is 1. The van der Waals surface area contributed by atoms with Crippen molar-refractivity contribution in [3.8, 4) is 0 Å². The first kappa shape index (κ1) is 16.5. The van der Waals surface area contributed by atoms with Crippen LogP contribution in [0.2, 0.25) is 0 Å². The van der Waals surface area contributed by atoms with Gasteiger partial charge in [-0.3, -0.25) is 0 Å². The maximum atomic E-state index is 12.5. The van der Waals surface area contributed by atoms with Gasteiger partial charge in [-0.2, -0.15) is 0 Å². The lowest BCUT2D eigenvalue weighted by Crippen LogP contribution is -2.39. The first-order valence-corrected chi connectivity index (χ1v) is 9.06. The zero-order valence-corrected chi connectivity index (χ0v) is 14.9. The van der Waals surface area contributed by atoms with Crippen LogP contribution in [0.25, 0.3) is 10.8 Å². The summed E-state index contributed by atoms with van der Waals surface area (Å²) in [4.78, 5) is 14.8. The molecule has 3 aromatic rings. The van der Waals surface area contributed by atoms with Gasteiger partial charge in [0.15, 0.2) is 0 Å². The molecule has 0 spiro atoms. The fourth-order valence-corrected chi connectivity index (χ4v) is 3.62. The number of benzene rings is 3. The molecule has 0 radical (unpaired) electrons. The lowest BCUT2D eigenvalue weighted by molar-refractivity contribution is 0.249. The van der Waals surface area contributed by atoms with E-state index in [1.807, 2.05) is 30.3 Å². The Hall–Kier alpha value is -3.01. The SMILES string of the molecule is Cc1cccc(N2CC[C@@H](NC(=O)Nc3cccc4ccccc34)C2)c1. The van der Waals surface area contributed by atoms with Gasteiger partial charge >= 0.3 is 6.03 Å². The first-order chi connectivity index (χ1) is 12.7. The Morgan fingerprint density at radius 1 is 1.04 bits per heavy atom. The number of carbonyl (C=O) groups is 1. The van der Waals surface area contributed by atoms with Gasteiger partial charge in [-0.05, 0) is 42.5 Å². The number of rotatable bonds is 3. The van der Waals surface area contributed by atoms with E-state index in [0.29, 0.717) is 0 Å². The summed E-state index contributed by atoms with van der Waals surface area (Å²) in [5, 5.41) is 8.30. The van der Waals surface area contributed by atoms with Gasteiger partial charge in [0.1, 0.15) is 0 Å². The molecule has 4 heteroatoms. The molecular weight excluding hydrogens is 322 g/mol. The Morgan fingerprint density at radius 2 is 1.85 bits per heavy atom. The van der Waals surface area contributed by atoms with Crippen molar-refractivity contribution in [1.29, 1.82) is 0 Å². The number of amides is 2. The molecule has 1 heterocycles. The Labute approximate surface area is 153 Å². The van der Waals surface area contributed by atoms with Crippen molar-refractivity contribution >= 4 is 28.2 Å². The number of carbonyl (C=O) groups excluding carboxylic acids is 1. The lowest BCUT2D eigenvalue weighted by atomic mass is 10.1. The van der Waals surface area contributed by atoms with E-state index >= 15 is 0 Å². The number of nitrogens with zero attached hydrogens (tertiary/aromatic N) is 1. The predicted octanol–water partition coefficient (Wildman–Crippen LogP) is 4.55. The second kappa shape index (κ2) is 7.08. The summed E-state index contributed by atoms with van der Waals surface area (Å²) in [7, 11) is 0. The van der Waals surface area contributed by atoms with Crippen LogP contribution in [0.3, 0.4) is 0 Å². The molecule has 2 N–H and O–H groups in total. The zero-order chi connectivity index (χ0) is 17.9. The van der Waals surface area contributed by atoms with Crippen LogP contribution in [0, 0.1) is 6.92 Å². The van der Waals surface area contributed by atoms with Gasteiger partial charge in [0.05, 0.1) is 5.69 Å². The van der Waals surface area contributed by atoms with Crippen molar-refractivity contribution in [2.45, 2.75) is 19.4 Å². The molecule has 1 saturated heterocycles. The molecule has 1 atom stereocenters. The lowest BCUT2D eigenvalue weighted by Gasteiger charge is -2.19. The monoisotopic (exact) mass is 345 g/mol. The zero-order valence-electron chi connectivity index (χ0n) is 14.9. The Balaban J connectivity index is 1.39. The number of hydrogen-bond donors (Lipinski definition) is 2. The normalized spacial score (nSPS) is 16.7. The summed E-state index contributed by atoms with van der Waals surface area (Å²) in [6.07, 6.45) is 0.955. The van der Waals surface area contributed by atoms with Gasteiger partial charge in [0.25, 0.3) is 0 Å². The van der Waals surface area contributed by atoms with E-state index in [-0.39, 0.29) is 12.1 Å². The van der Waals surface area contributed by atoms with E-state index in [4.69, 9.17) is 0 Å². The van der Waals surface area contributed by atoms with Crippen molar-refractivity contribution in [2.75, 3.05) is 23.3 Å². The van der Waals surface area contributed by atoms with E-state index in [2.05, 4.69) is 58.9 Å². The summed E-state index contributed by atoms with van der Waals surface area (Å²) in [5.41, 5.74) is 3.32. The summed E-state index contributed by atoms with van der Waals surface area (Å²) in [5.74, 6) is 0. The van der Waals surface area contributed by atoms with Crippen molar-refractivity contribution in [1.82, 2.24) is 5.32 Å². The molecule has 4 nitrogen and oxygen atoms in total. The molecule has 2 amide bonds. The van der Waals surface area contributed by atoms with E-state index in [1.54, 1.807) is 0 Å². The molecule has 4 rings (SSSR count). The van der Waals surface area contributed by atoms with Crippen LogP contribution >= 0.6 is 0 Å². The molecule has 3 aromatic carbocycles. The van der Waals surface area contributed by atoms with Crippen LogP contribution in [0.5, 0.6) is 0 Å². The van der Waals surface area contributed by atoms with E-state index in [1.165, 1.54) is 11.3 Å². The average Bonchev–Trinajstić information content (AvgIpc) is 3.10. The minimum Gasteiger partial charge on any atom is -0.369 e. The minimum absolute atomic E-state index is 0.141. The highest BCUT2D eigenvalue weighted by molar-refractivity contribution is 6.01. The molecule has 26 heavy (non-hydrogen) atoms. The van der Waals surface area contributed by atoms with Gasteiger partial charge in [0.2, 0.25) is 0 Å². The van der Waals surface area contributed by atoms with Crippen LogP contribution in [0.1, 0.15) is 12.0 Å². The van der Waals surface area contributed by atoms with E-state index in [9.17, 15) is 4.79 Å². The summed E-state index contributed by atoms with van der Waals surface area (Å²) in [6, 6.07) is 22.6. The maximum absolute atomic E-state index is 12.5. The predicted molar refractivity (Wildman–Crippen MR) is 108 cm³/mol. The van der Waals surface area contributed by atoms with Crippen LogP contribution in [0.15, 0.2) is 66.7 Å². The average molecular weight is 345 g/mol. The largest absolute Gasteiger partial charge is 0.369 e. The highest BCUT2D eigenvalue weighted by Crippen LogP contribution is 2.24. The van der Waals surface area contributed by atoms with Gasteiger partial charge in [-0.15, -0.1) is 0 Å². The highest BCUT2D eigenvalue weighted by Gasteiger charge is 2.24. The number of hydrogen-bond acceptors (Lipinski definition) is 2. The fourth-order valence-electron chi connectivity index (χ4n) is 3.62. The standard InChI is InChI=1S/C22H23N3O/c1-16-6-4-9-19(14-16)25-13-12-18(15-25)23-22(26)24-21-11-5-8-17-7-2-3-10-20(17)21/h2-11,14,18H,12-13,15H2,1H3,(H2,23,24,26)/t18-/m1/s1. The molecular formula is C22H23N3O. The van der Waals surface area contributed by atoms with Gasteiger partial charge in [-0.25, -0.2) is 4.79 Å². The van der Waals surface area contributed by atoms with Crippen molar-refractivity contribution in [2.24, 2.45) is 0 Å². The van der Waals surface area contributed by atoms with Gasteiger partial charge in [-0.1, -0.05) is 48.5 Å². The topological polar surface area (TPSA) is 44.4 Å². The van der Waals surface area contributed by atoms with Crippen LogP contribution < -0.4 is 15.5 Å². The Bertz CT molecular complexity index is 932. The summed E-state index contributed by atoms with van der Waals surface area (Å²) >= 11 is 0. The first-order valence-electron chi connectivity index (χ1n) is 9.06. The summed E-state index contributed by atoms with van der Waals surface area (Å²) in [6.45, 7) is 3.90. The second-order valence-electron chi connectivity index (χ2n) is 6.90. The third-order valence-corrected chi connectivity index (χ3v) is 4.93.